The predicted molar refractivity (Wildman–Crippen MR) is 169 cm³/mol. The maximum atomic E-state index is 13.9. The molecule has 1 atom stereocenters. The Kier molecular flexibility index (Phi) is 10.7. The van der Waals surface area contributed by atoms with E-state index < -0.39 is 23.7 Å². The molecule has 1 amide bonds. The molecule has 0 aromatic heterocycles. The number of ether oxygens (including phenoxy) is 8. The number of nitrogens with one attached hydrogen (secondary N) is 1. The number of esters is 1. The molecule has 1 heterocycles. The summed E-state index contributed by atoms with van der Waals surface area (Å²) in [4.78, 5) is 26.3. The van der Waals surface area contributed by atoms with Crippen LogP contribution in [0.4, 0.5) is 0 Å². The minimum Gasteiger partial charge on any atom is -0.493 e. The van der Waals surface area contributed by atoms with Crippen molar-refractivity contribution in [2.24, 2.45) is 0 Å². The molecule has 0 radical (unpaired) electrons. The van der Waals surface area contributed by atoms with E-state index in [0.717, 1.165) is 4.47 Å². The average molecular weight is 687 g/mol. The smallest absolute Gasteiger partial charge is 0.340 e. The fraction of sp³-hybridized carbons (Fsp3) is 0.333. The first kappa shape index (κ1) is 33.3. The van der Waals surface area contributed by atoms with E-state index in [0.29, 0.717) is 56.9 Å². The molecule has 12 heteroatoms. The highest BCUT2D eigenvalue weighted by Gasteiger charge is 2.43. The largest absolute Gasteiger partial charge is 0.493 e. The monoisotopic (exact) mass is 685 g/mol. The second-order valence-corrected chi connectivity index (χ2v) is 10.7. The Morgan fingerprint density at radius 2 is 1.29 bits per heavy atom. The third-order valence-electron chi connectivity index (χ3n) is 7.29. The Balaban J connectivity index is 2.20. The zero-order valence-corrected chi connectivity index (χ0v) is 27.9. The van der Waals surface area contributed by atoms with E-state index in [4.69, 9.17) is 37.9 Å². The summed E-state index contributed by atoms with van der Waals surface area (Å²) in [6, 6.07) is 12.7. The summed E-state index contributed by atoms with van der Waals surface area (Å²) in [5.74, 6) is 0.198. The number of methoxy groups -OCH3 is 6. The van der Waals surface area contributed by atoms with Gasteiger partial charge in [0.25, 0.3) is 0 Å². The fourth-order valence-electron chi connectivity index (χ4n) is 5.48. The Bertz CT molecular complexity index is 1510. The van der Waals surface area contributed by atoms with Crippen molar-refractivity contribution < 1.29 is 47.5 Å². The van der Waals surface area contributed by atoms with Crippen LogP contribution in [0.1, 0.15) is 42.4 Å². The summed E-state index contributed by atoms with van der Waals surface area (Å²) >= 11 is 3.58. The third-order valence-corrected chi connectivity index (χ3v) is 7.78. The molecule has 0 saturated heterocycles. The third kappa shape index (κ3) is 6.60. The van der Waals surface area contributed by atoms with Crippen molar-refractivity contribution in [2.75, 3.05) is 49.3 Å². The topological polar surface area (TPSA) is 120 Å². The van der Waals surface area contributed by atoms with E-state index in [1.165, 1.54) is 49.6 Å². The summed E-state index contributed by atoms with van der Waals surface area (Å²) < 4.78 is 46.6. The van der Waals surface area contributed by atoms with Gasteiger partial charge in [-0.05, 0) is 60.5 Å². The van der Waals surface area contributed by atoms with E-state index >= 15 is 0 Å². The summed E-state index contributed by atoms with van der Waals surface area (Å²) in [6.45, 7) is 3.13. The maximum absolute atomic E-state index is 13.9. The molecule has 1 aliphatic heterocycles. The summed E-state index contributed by atoms with van der Waals surface area (Å²) in [5.41, 5.74) is 2.08. The SMILES string of the molecule is CCOC(=O)C1=C(NC(C)=O)Oc2ccc(Br)cc2C1C(c1cc(OC)c(OC)c(OC)c1)c1cc(OC)c(OC)c(OC)c1. The highest BCUT2D eigenvalue weighted by atomic mass is 79.9. The second kappa shape index (κ2) is 14.5. The minimum absolute atomic E-state index is 0.0364. The van der Waals surface area contributed by atoms with Crippen molar-refractivity contribution in [3.8, 4) is 40.2 Å². The number of amides is 1. The Morgan fingerprint density at radius 3 is 1.69 bits per heavy atom. The number of carbonyl (C=O) groups is 2. The zero-order valence-electron chi connectivity index (χ0n) is 26.4. The number of halogens is 1. The van der Waals surface area contributed by atoms with E-state index in [-0.39, 0.29) is 18.1 Å². The van der Waals surface area contributed by atoms with Crippen molar-refractivity contribution in [2.45, 2.75) is 25.7 Å². The van der Waals surface area contributed by atoms with Crippen LogP contribution in [-0.4, -0.2) is 61.1 Å². The Morgan fingerprint density at radius 1 is 0.800 bits per heavy atom. The molecule has 1 aliphatic rings. The van der Waals surface area contributed by atoms with Crippen LogP contribution in [0.25, 0.3) is 0 Å². The van der Waals surface area contributed by atoms with Gasteiger partial charge in [0.15, 0.2) is 23.0 Å². The minimum atomic E-state index is -0.794. The Labute approximate surface area is 270 Å². The first-order valence-electron chi connectivity index (χ1n) is 13.9. The molecule has 1 N–H and O–H groups in total. The molecule has 0 saturated carbocycles. The van der Waals surface area contributed by atoms with Gasteiger partial charge in [0.2, 0.25) is 23.3 Å². The highest BCUT2D eigenvalue weighted by Crippen LogP contribution is 2.54. The number of carbonyl (C=O) groups excluding carboxylic acids is 2. The van der Waals surface area contributed by atoms with Crippen LogP contribution in [-0.2, 0) is 14.3 Å². The van der Waals surface area contributed by atoms with Gasteiger partial charge in [0.1, 0.15) is 11.3 Å². The van der Waals surface area contributed by atoms with Gasteiger partial charge in [-0.3, -0.25) is 10.1 Å². The van der Waals surface area contributed by atoms with E-state index in [1.807, 2.05) is 36.4 Å². The lowest BCUT2D eigenvalue weighted by atomic mass is 9.72. The van der Waals surface area contributed by atoms with Crippen LogP contribution in [0.2, 0.25) is 0 Å². The van der Waals surface area contributed by atoms with Crippen molar-refractivity contribution in [1.82, 2.24) is 5.32 Å². The molecule has 0 spiro atoms. The summed E-state index contributed by atoms with van der Waals surface area (Å²) in [5, 5.41) is 2.71. The number of benzene rings is 3. The number of rotatable bonds is 12. The fourth-order valence-corrected chi connectivity index (χ4v) is 5.86. The second-order valence-electron chi connectivity index (χ2n) is 9.80. The van der Waals surface area contributed by atoms with Crippen LogP contribution in [0.15, 0.2) is 58.4 Å². The van der Waals surface area contributed by atoms with Crippen LogP contribution in [0.5, 0.6) is 40.2 Å². The molecule has 0 bridgehead atoms. The summed E-state index contributed by atoms with van der Waals surface area (Å²) in [7, 11) is 9.13. The van der Waals surface area contributed by atoms with Gasteiger partial charge >= 0.3 is 5.97 Å². The molecule has 11 nitrogen and oxygen atoms in total. The van der Waals surface area contributed by atoms with Crippen molar-refractivity contribution in [3.05, 3.63) is 75.1 Å². The van der Waals surface area contributed by atoms with Crippen LogP contribution >= 0.6 is 15.9 Å². The molecule has 3 aromatic carbocycles. The molecular formula is C33H36BrNO10. The van der Waals surface area contributed by atoms with E-state index in [2.05, 4.69) is 21.2 Å². The van der Waals surface area contributed by atoms with E-state index in [9.17, 15) is 9.59 Å². The number of hydrogen-bond acceptors (Lipinski definition) is 10. The molecule has 1 unspecified atom stereocenters. The first-order chi connectivity index (χ1) is 21.6. The molecule has 240 valence electrons. The molecule has 0 aliphatic carbocycles. The normalized spacial score (nSPS) is 13.8. The number of hydrogen-bond donors (Lipinski definition) is 1. The number of fused-ring (bicyclic) bond motifs is 1. The summed E-state index contributed by atoms with van der Waals surface area (Å²) in [6.07, 6.45) is 0. The van der Waals surface area contributed by atoms with Crippen molar-refractivity contribution >= 4 is 27.8 Å². The van der Waals surface area contributed by atoms with Crippen LogP contribution in [0.3, 0.4) is 0 Å². The van der Waals surface area contributed by atoms with Gasteiger partial charge in [-0.25, -0.2) is 4.79 Å². The van der Waals surface area contributed by atoms with E-state index in [1.54, 1.807) is 13.0 Å². The van der Waals surface area contributed by atoms with Gasteiger partial charge in [0, 0.05) is 28.8 Å². The molecule has 0 fully saturated rings. The highest BCUT2D eigenvalue weighted by molar-refractivity contribution is 9.10. The molecule has 45 heavy (non-hydrogen) atoms. The van der Waals surface area contributed by atoms with Crippen molar-refractivity contribution in [3.63, 3.8) is 0 Å². The lowest BCUT2D eigenvalue weighted by molar-refractivity contribution is -0.139. The van der Waals surface area contributed by atoms with Crippen LogP contribution in [0, 0.1) is 0 Å². The van der Waals surface area contributed by atoms with Gasteiger partial charge in [-0.15, -0.1) is 0 Å². The van der Waals surface area contributed by atoms with Crippen molar-refractivity contribution in [1.29, 1.82) is 0 Å². The van der Waals surface area contributed by atoms with Crippen LogP contribution < -0.4 is 38.5 Å². The molecular weight excluding hydrogens is 650 g/mol. The standard InChI is InChI=1S/C33H36BrNO10/c1-9-44-33(37)29-28(21-16-20(34)10-11-22(21)45-32(29)35-17(2)36)27(18-12-23(38-3)30(42-7)24(13-18)39-4)19-14-25(40-5)31(43-8)26(15-19)41-6/h10-16,27-28H,9H2,1-8H3,(H,35,36). The lowest BCUT2D eigenvalue weighted by Gasteiger charge is -2.36. The molecule has 3 aromatic rings. The van der Waals surface area contributed by atoms with Gasteiger partial charge in [-0.2, -0.15) is 0 Å². The average Bonchev–Trinajstić information content (AvgIpc) is 3.03. The quantitative estimate of drug-likeness (QED) is 0.237. The first-order valence-corrected chi connectivity index (χ1v) is 14.7. The van der Waals surface area contributed by atoms with Gasteiger partial charge in [-0.1, -0.05) is 15.9 Å². The Hall–Kier alpha value is -4.58. The predicted octanol–water partition coefficient (Wildman–Crippen LogP) is 5.72. The lowest BCUT2D eigenvalue weighted by Crippen LogP contribution is -2.34. The van der Waals surface area contributed by atoms with Gasteiger partial charge in [0.05, 0.1) is 49.3 Å². The maximum Gasteiger partial charge on any atom is 0.340 e. The van der Waals surface area contributed by atoms with Gasteiger partial charge < -0.3 is 37.9 Å². The zero-order chi connectivity index (χ0) is 32.8. The molecule has 4 rings (SSSR count).